The quantitative estimate of drug-likeness (QED) is 0.844. The Bertz CT molecular complexity index is 685. The van der Waals surface area contributed by atoms with E-state index in [2.05, 4.69) is 64.1 Å². The second kappa shape index (κ2) is 7.18. The van der Waals surface area contributed by atoms with E-state index < -0.39 is 0 Å². The number of aromatic nitrogens is 2. The first-order valence-electron chi connectivity index (χ1n) is 8.53. The Balaban J connectivity index is 1.63. The molecule has 24 heavy (non-hydrogen) atoms. The molecule has 1 aromatic carbocycles. The summed E-state index contributed by atoms with van der Waals surface area (Å²) in [6, 6.07) is 11.4. The van der Waals surface area contributed by atoms with Crippen molar-refractivity contribution in [1.29, 1.82) is 0 Å². The molecule has 0 radical (unpaired) electrons. The Morgan fingerprint density at radius 1 is 1.12 bits per heavy atom. The molecule has 1 fully saturated rings. The van der Waals surface area contributed by atoms with Crippen LogP contribution in [0.5, 0.6) is 0 Å². The maximum absolute atomic E-state index is 4.46. The van der Waals surface area contributed by atoms with Gasteiger partial charge in [0.05, 0.1) is 0 Å². The van der Waals surface area contributed by atoms with Gasteiger partial charge in [0, 0.05) is 52.9 Å². The van der Waals surface area contributed by atoms with Crippen LogP contribution in [-0.2, 0) is 6.54 Å². The molecule has 3 rings (SSSR count). The van der Waals surface area contributed by atoms with Crippen LogP contribution in [0.15, 0.2) is 36.7 Å². The maximum atomic E-state index is 4.46. The number of anilines is 2. The van der Waals surface area contributed by atoms with E-state index in [1.807, 2.05) is 19.0 Å². The summed E-state index contributed by atoms with van der Waals surface area (Å²) < 4.78 is 0. The molecule has 0 spiro atoms. The van der Waals surface area contributed by atoms with Crippen molar-refractivity contribution in [3.63, 3.8) is 0 Å². The van der Waals surface area contributed by atoms with Crippen molar-refractivity contribution in [3.05, 3.63) is 47.8 Å². The van der Waals surface area contributed by atoms with Crippen LogP contribution in [0, 0.1) is 6.92 Å². The third-order valence-electron chi connectivity index (χ3n) is 4.74. The van der Waals surface area contributed by atoms with Crippen molar-refractivity contribution in [2.45, 2.75) is 25.9 Å². The Hall–Kier alpha value is -2.14. The lowest BCUT2D eigenvalue weighted by Gasteiger charge is -2.26. The molecule has 0 bridgehead atoms. The fourth-order valence-corrected chi connectivity index (χ4v) is 3.30. The second-order valence-electron chi connectivity index (χ2n) is 6.91. The lowest BCUT2D eigenvalue weighted by molar-refractivity contribution is 0.326. The minimum absolute atomic E-state index is 0.500. The van der Waals surface area contributed by atoms with E-state index in [4.69, 9.17) is 0 Å². The van der Waals surface area contributed by atoms with Gasteiger partial charge < -0.3 is 9.80 Å². The summed E-state index contributed by atoms with van der Waals surface area (Å²) in [5.74, 6) is 1.94. The molecule has 5 heteroatoms. The van der Waals surface area contributed by atoms with Crippen LogP contribution < -0.4 is 9.80 Å². The Kier molecular flexibility index (Phi) is 5.00. The molecule has 5 nitrogen and oxygen atoms in total. The number of likely N-dealkylation sites (N-methyl/N-ethyl adjacent to an activating group) is 1. The second-order valence-corrected chi connectivity index (χ2v) is 6.91. The zero-order chi connectivity index (χ0) is 17.1. The van der Waals surface area contributed by atoms with Gasteiger partial charge in [-0.3, -0.25) is 4.90 Å². The summed E-state index contributed by atoms with van der Waals surface area (Å²) in [5, 5.41) is 0. The van der Waals surface area contributed by atoms with Crippen molar-refractivity contribution in [1.82, 2.24) is 14.9 Å². The number of nitrogens with zero attached hydrogens (tertiary/aromatic N) is 5. The Labute approximate surface area is 144 Å². The van der Waals surface area contributed by atoms with E-state index in [0.717, 1.165) is 31.3 Å². The Morgan fingerprint density at radius 2 is 1.92 bits per heavy atom. The molecule has 0 amide bonds. The van der Waals surface area contributed by atoms with Gasteiger partial charge in [0.1, 0.15) is 18.0 Å². The van der Waals surface area contributed by atoms with Gasteiger partial charge in [-0.15, -0.1) is 0 Å². The van der Waals surface area contributed by atoms with E-state index in [-0.39, 0.29) is 0 Å². The van der Waals surface area contributed by atoms with Crippen LogP contribution in [0.1, 0.15) is 17.5 Å². The zero-order valence-electron chi connectivity index (χ0n) is 15.1. The molecule has 0 N–H and O–H groups in total. The zero-order valence-corrected chi connectivity index (χ0v) is 15.1. The van der Waals surface area contributed by atoms with Crippen LogP contribution in [-0.4, -0.2) is 55.1 Å². The van der Waals surface area contributed by atoms with Gasteiger partial charge >= 0.3 is 0 Å². The average Bonchev–Trinajstić information content (AvgIpc) is 3.02. The fraction of sp³-hybridized carbons (Fsp3) is 0.474. The third kappa shape index (κ3) is 3.85. The predicted molar refractivity (Wildman–Crippen MR) is 99.6 cm³/mol. The average molecular weight is 325 g/mol. The first-order valence-corrected chi connectivity index (χ1v) is 8.53. The van der Waals surface area contributed by atoms with Gasteiger partial charge in [-0.2, -0.15) is 0 Å². The highest BCUT2D eigenvalue weighted by Gasteiger charge is 2.26. The number of aryl methyl sites for hydroxylation is 1. The molecular weight excluding hydrogens is 298 g/mol. The monoisotopic (exact) mass is 325 g/mol. The maximum Gasteiger partial charge on any atom is 0.134 e. The number of rotatable bonds is 5. The summed E-state index contributed by atoms with van der Waals surface area (Å²) >= 11 is 0. The van der Waals surface area contributed by atoms with Crippen molar-refractivity contribution < 1.29 is 0 Å². The van der Waals surface area contributed by atoms with Gasteiger partial charge in [-0.1, -0.05) is 29.8 Å². The first kappa shape index (κ1) is 16.7. The largest absolute Gasteiger partial charge is 0.363 e. The van der Waals surface area contributed by atoms with Gasteiger partial charge in [-0.05, 0) is 18.9 Å². The number of hydrogen-bond acceptors (Lipinski definition) is 5. The van der Waals surface area contributed by atoms with E-state index in [1.54, 1.807) is 6.33 Å². The SMILES string of the molecule is Cc1cccc(CN2CCC(N(C)c3cc(N(C)C)ncn3)C2)c1. The predicted octanol–water partition coefficient (Wildman–Crippen LogP) is 2.56. The van der Waals surface area contributed by atoms with Crippen LogP contribution in [0.25, 0.3) is 0 Å². The van der Waals surface area contributed by atoms with E-state index in [9.17, 15) is 0 Å². The summed E-state index contributed by atoms with van der Waals surface area (Å²) in [7, 11) is 6.15. The lowest BCUT2D eigenvalue weighted by Crippen LogP contribution is -2.35. The molecule has 2 aromatic rings. The summed E-state index contributed by atoms with van der Waals surface area (Å²) in [6.07, 6.45) is 2.82. The molecule has 0 aliphatic carbocycles. The topological polar surface area (TPSA) is 35.5 Å². The highest BCUT2D eigenvalue weighted by atomic mass is 15.3. The van der Waals surface area contributed by atoms with Crippen molar-refractivity contribution >= 4 is 11.6 Å². The molecule has 2 heterocycles. The lowest BCUT2D eigenvalue weighted by atomic mass is 10.1. The van der Waals surface area contributed by atoms with Crippen molar-refractivity contribution in [3.8, 4) is 0 Å². The molecule has 1 aromatic heterocycles. The fourth-order valence-electron chi connectivity index (χ4n) is 3.30. The van der Waals surface area contributed by atoms with Crippen molar-refractivity contribution in [2.24, 2.45) is 0 Å². The minimum atomic E-state index is 0.500. The normalized spacial score (nSPS) is 17.9. The van der Waals surface area contributed by atoms with E-state index in [0.29, 0.717) is 6.04 Å². The smallest absolute Gasteiger partial charge is 0.134 e. The first-order chi connectivity index (χ1) is 11.5. The molecule has 1 aliphatic rings. The van der Waals surface area contributed by atoms with E-state index in [1.165, 1.54) is 17.5 Å². The number of hydrogen-bond donors (Lipinski definition) is 0. The summed E-state index contributed by atoms with van der Waals surface area (Å²) in [5.41, 5.74) is 2.73. The highest BCUT2D eigenvalue weighted by Crippen LogP contribution is 2.23. The molecule has 1 unspecified atom stereocenters. The van der Waals surface area contributed by atoms with Gasteiger partial charge in [0.2, 0.25) is 0 Å². The van der Waals surface area contributed by atoms with Crippen molar-refractivity contribution in [2.75, 3.05) is 44.0 Å². The molecule has 0 saturated carbocycles. The summed E-state index contributed by atoms with van der Waals surface area (Å²) in [6.45, 7) is 5.39. The molecule has 1 saturated heterocycles. The van der Waals surface area contributed by atoms with E-state index >= 15 is 0 Å². The molecule has 128 valence electrons. The van der Waals surface area contributed by atoms with Gasteiger partial charge in [0.25, 0.3) is 0 Å². The molecule has 1 atom stereocenters. The van der Waals surface area contributed by atoms with Gasteiger partial charge in [0.15, 0.2) is 0 Å². The number of likely N-dealkylation sites (tertiary alicyclic amines) is 1. The van der Waals surface area contributed by atoms with Crippen LogP contribution in [0.4, 0.5) is 11.6 Å². The summed E-state index contributed by atoms with van der Waals surface area (Å²) in [4.78, 5) is 15.6. The Morgan fingerprint density at radius 3 is 2.67 bits per heavy atom. The van der Waals surface area contributed by atoms with Crippen LogP contribution in [0.2, 0.25) is 0 Å². The molecule has 1 aliphatic heterocycles. The standard InChI is InChI=1S/C19H27N5/c1-15-6-5-7-16(10-15)12-24-9-8-17(13-24)23(4)19-11-18(22(2)3)20-14-21-19/h5-7,10-11,14,17H,8-9,12-13H2,1-4H3. The minimum Gasteiger partial charge on any atom is -0.363 e. The van der Waals surface area contributed by atoms with Gasteiger partial charge in [-0.25, -0.2) is 9.97 Å². The molecular formula is C19H27N5. The van der Waals surface area contributed by atoms with Crippen LogP contribution >= 0.6 is 0 Å². The van der Waals surface area contributed by atoms with Crippen LogP contribution in [0.3, 0.4) is 0 Å². The number of benzene rings is 1. The third-order valence-corrected chi connectivity index (χ3v) is 4.74. The highest BCUT2D eigenvalue weighted by molar-refractivity contribution is 5.49.